The molecule has 2 aromatic carbocycles. The maximum atomic E-state index is 12.6. The molecule has 0 spiro atoms. The molecular weight excluding hydrogens is 386 g/mol. The summed E-state index contributed by atoms with van der Waals surface area (Å²) in [6.45, 7) is 0. The summed E-state index contributed by atoms with van der Waals surface area (Å²) in [4.78, 5) is 23.4. The summed E-state index contributed by atoms with van der Waals surface area (Å²) in [6.07, 6.45) is 3.46. The Labute approximate surface area is 151 Å². The lowest BCUT2D eigenvalue weighted by molar-refractivity contribution is -0.385. The summed E-state index contributed by atoms with van der Waals surface area (Å²) in [7, 11) is 0. The monoisotopic (exact) mass is 397 g/mol. The molecule has 3 rings (SSSR count). The molecule has 0 fully saturated rings. The van der Waals surface area contributed by atoms with E-state index in [4.69, 9.17) is 4.42 Å². The standard InChI is InChI=1S/C19H12BrNO4/c20-18-11-9-15(25-18)8-6-13-7-10-17(21(23)24)16(12-13)19(22)14-4-2-1-3-5-14/h1-12H/b8-6+. The van der Waals surface area contributed by atoms with Gasteiger partial charge in [0.25, 0.3) is 5.69 Å². The molecule has 0 atom stereocenters. The third kappa shape index (κ3) is 3.92. The van der Waals surface area contributed by atoms with E-state index in [-0.39, 0.29) is 17.0 Å². The normalized spacial score (nSPS) is 10.9. The first-order chi connectivity index (χ1) is 12.0. The van der Waals surface area contributed by atoms with Gasteiger partial charge in [-0.05, 0) is 51.8 Å². The summed E-state index contributed by atoms with van der Waals surface area (Å²) in [6, 6.07) is 16.5. The summed E-state index contributed by atoms with van der Waals surface area (Å²) in [5, 5.41) is 11.3. The number of ketones is 1. The molecule has 0 aliphatic carbocycles. The second-order valence-corrected chi connectivity index (χ2v) is 5.99. The minimum Gasteiger partial charge on any atom is -0.450 e. The van der Waals surface area contributed by atoms with Crippen molar-refractivity contribution in [3.63, 3.8) is 0 Å². The molecule has 0 radical (unpaired) electrons. The van der Waals surface area contributed by atoms with Gasteiger partial charge in [0.05, 0.1) is 4.92 Å². The molecule has 1 aromatic heterocycles. The lowest BCUT2D eigenvalue weighted by atomic mass is 9.99. The maximum absolute atomic E-state index is 12.6. The number of rotatable bonds is 5. The number of carbonyl (C=O) groups is 1. The number of benzene rings is 2. The van der Waals surface area contributed by atoms with E-state index in [0.717, 1.165) is 0 Å². The quantitative estimate of drug-likeness (QED) is 0.330. The SMILES string of the molecule is O=C(c1ccccc1)c1cc(/C=C/c2ccc(Br)o2)ccc1[N+](=O)[O-]. The summed E-state index contributed by atoms with van der Waals surface area (Å²) in [5.74, 6) is 0.240. The highest BCUT2D eigenvalue weighted by Crippen LogP contribution is 2.24. The van der Waals surface area contributed by atoms with E-state index < -0.39 is 4.92 Å². The highest BCUT2D eigenvalue weighted by molar-refractivity contribution is 9.10. The van der Waals surface area contributed by atoms with Crippen LogP contribution in [0.4, 0.5) is 5.69 Å². The molecule has 0 bridgehead atoms. The Morgan fingerprint density at radius 3 is 2.44 bits per heavy atom. The maximum Gasteiger partial charge on any atom is 0.280 e. The van der Waals surface area contributed by atoms with Crippen molar-refractivity contribution >= 4 is 39.6 Å². The molecule has 5 nitrogen and oxygen atoms in total. The van der Waals surface area contributed by atoms with Crippen molar-refractivity contribution in [3.05, 3.63) is 97.9 Å². The minimum absolute atomic E-state index is 0.0546. The lowest BCUT2D eigenvalue weighted by Gasteiger charge is -2.04. The molecule has 3 aromatic rings. The molecule has 0 saturated carbocycles. The van der Waals surface area contributed by atoms with Crippen LogP contribution < -0.4 is 0 Å². The van der Waals surface area contributed by atoms with E-state index in [1.807, 2.05) is 0 Å². The average Bonchev–Trinajstić information content (AvgIpc) is 3.05. The number of nitro benzene ring substituents is 1. The molecule has 0 amide bonds. The first-order valence-electron chi connectivity index (χ1n) is 7.36. The van der Waals surface area contributed by atoms with E-state index in [9.17, 15) is 14.9 Å². The second kappa shape index (κ2) is 7.27. The van der Waals surface area contributed by atoms with Crippen LogP contribution in [0.25, 0.3) is 12.2 Å². The number of halogens is 1. The van der Waals surface area contributed by atoms with E-state index >= 15 is 0 Å². The van der Waals surface area contributed by atoms with Crippen LogP contribution in [-0.2, 0) is 0 Å². The van der Waals surface area contributed by atoms with Gasteiger partial charge in [0.2, 0.25) is 0 Å². The minimum atomic E-state index is -0.548. The van der Waals surface area contributed by atoms with Gasteiger partial charge in [-0.15, -0.1) is 0 Å². The summed E-state index contributed by atoms with van der Waals surface area (Å²) < 4.78 is 5.98. The average molecular weight is 398 g/mol. The Hall–Kier alpha value is -2.99. The smallest absolute Gasteiger partial charge is 0.280 e. The molecule has 25 heavy (non-hydrogen) atoms. The van der Waals surface area contributed by atoms with Crippen LogP contribution in [0, 0.1) is 10.1 Å². The number of hydrogen-bond acceptors (Lipinski definition) is 4. The molecule has 124 valence electrons. The van der Waals surface area contributed by atoms with Gasteiger partial charge in [-0.1, -0.05) is 36.4 Å². The number of furan rings is 1. The zero-order chi connectivity index (χ0) is 17.8. The van der Waals surface area contributed by atoms with Crippen molar-refractivity contribution < 1.29 is 14.1 Å². The number of nitrogens with zero attached hydrogens (tertiary/aromatic N) is 1. The van der Waals surface area contributed by atoms with Crippen LogP contribution >= 0.6 is 15.9 Å². The topological polar surface area (TPSA) is 73.3 Å². The first kappa shape index (κ1) is 16.9. The van der Waals surface area contributed by atoms with Gasteiger partial charge >= 0.3 is 0 Å². The highest BCUT2D eigenvalue weighted by Gasteiger charge is 2.21. The van der Waals surface area contributed by atoms with Crippen LogP contribution in [0.15, 0.2) is 69.8 Å². The van der Waals surface area contributed by atoms with Gasteiger partial charge in [-0.25, -0.2) is 0 Å². The predicted octanol–water partition coefficient (Wildman–Crippen LogP) is 5.35. The summed E-state index contributed by atoms with van der Waals surface area (Å²) >= 11 is 3.22. The zero-order valence-corrected chi connectivity index (χ0v) is 14.5. The van der Waals surface area contributed by atoms with Crippen molar-refractivity contribution in [1.29, 1.82) is 0 Å². The Morgan fingerprint density at radius 1 is 1.04 bits per heavy atom. The number of hydrogen-bond donors (Lipinski definition) is 0. The van der Waals surface area contributed by atoms with Crippen LogP contribution in [0.1, 0.15) is 27.2 Å². The Morgan fingerprint density at radius 2 is 1.80 bits per heavy atom. The van der Waals surface area contributed by atoms with E-state index in [1.165, 1.54) is 12.1 Å². The van der Waals surface area contributed by atoms with Gasteiger partial charge in [-0.3, -0.25) is 14.9 Å². The van der Waals surface area contributed by atoms with E-state index in [1.54, 1.807) is 60.7 Å². The molecule has 0 unspecified atom stereocenters. The molecule has 1 heterocycles. The Bertz CT molecular complexity index is 961. The molecule has 0 aliphatic heterocycles. The van der Waals surface area contributed by atoms with E-state index in [0.29, 0.717) is 21.6 Å². The largest absolute Gasteiger partial charge is 0.450 e. The first-order valence-corrected chi connectivity index (χ1v) is 8.15. The Kier molecular flexibility index (Phi) is 4.90. The zero-order valence-electron chi connectivity index (χ0n) is 12.9. The third-order valence-corrected chi connectivity index (χ3v) is 3.96. The van der Waals surface area contributed by atoms with Crippen molar-refractivity contribution in [2.75, 3.05) is 0 Å². The van der Waals surface area contributed by atoms with Crippen molar-refractivity contribution in [3.8, 4) is 0 Å². The fourth-order valence-electron chi connectivity index (χ4n) is 2.34. The molecule has 0 N–H and O–H groups in total. The second-order valence-electron chi connectivity index (χ2n) is 5.20. The Balaban J connectivity index is 1.99. The van der Waals surface area contributed by atoms with Crippen molar-refractivity contribution in [1.82, 2.24) is 0 Å². The van der Waals surface area contributed by atoms with Gasteiger partial charge in [-0.2, -0.15) is 0 Å². The third-order valence-electron chi connectivity index (χ3n) is 3.53. The number of carbonyl (C=O) groups excluding carboxylic acids is 1. The van der Waals surface area contributed by atoms with Crippen LogP contribution in [0.2, 0.25) is 0 Å². The number of nitro groups is 1. The van der Waals surface area contributed by atoms with Crippen LogP contribution in [0.3, 0.4) is 0 Å². The highest BCUT2D eigenvalue weighted by atomic mass is 79.9. The van der Waals surface area contributed by atoms with Crippen molar-refractivity contribution in [2.45, 2.75) is 0 Å². The fraction of sp³-hybridized carbons (Fsp3) is 0. The summed E-state index contributed by atoms with van der Waals surface area (Å²) in [5.41, 5.74) is 0.907. The van der Waals surface area contributed by atoms with Gasteiger partial charge in [0, 0.05) is 11.6 Å². The van der Waals surface area contributed by atoms with Gasteiger partial charge < -0.3 is 4.42 Å². The van der Waals surface area contributed by atoms with Crippen LogP contribution in [-0.4, -0.2) is 10.7 Å². The molecule has 0 saturated heterocycles. The fourth-order valence-corrected chi connectivity index (χ4v) is 2.66. The molecule has 6 heteroatoms. The van der Waals surface area contributed by atoms with Crippen LogP contribution in [0.5, 0.6) is 0 Å². The van der Waals surface area contributed by atoms with Crippen molar-refractivity contribution in [2.24, 2.45) is 0 Å². The van der Waals surface area contributed by atoms with E-state index in [2.05, 4.69) is 15.9 Å². The van der Waals surface area contributed by atoms with Gasteiger partial charge in [0.15, 0.2) is 10.5 Å². The molecular formula is C19H12BrNO4. The lowest BCUT2D eigenvalue weighted by Crippen LogP contribution is -2.05. The predicted molar refractivity (Wildman–Crippen MR) is 98.3 cm³/mol. The van der Waals surface area contributed by atoms with Gasteiger partial charge in [0.1, 0.15) is 11.3 Å². The molecule has 0 aliphatic rings.